The predicted octanol–water partition coefficient (Wildman–Crippen LogP) is 5.12. The third-order valence-electron chi connectivity index (χ3n) is 3.61. The standard InChI is InChI=1S/C18H28N2/c1-17(2,3)15-8-10-16(11-9-15)20-13-7-6-12-18(4,5)14-19/h8-11,20H,6-7,12-13H2,1-5H3. The molecule has 1 rings (SSSR count). The van der Waals surface area contributed by atoms with Crippen LogP contribution in [0.2, 0.25) is 0 Å². The van der Waals surface area contributed by atoms with Gasteiger partial charge in [0.05, 0.1) is 11.5 Å². The smallest absolute Gasteiger partial charge is 0.0683 e. The highest BCUT2D eigenvalue weighted by Gasteiger charge is 2.15. The Morgan fingerprint density at radius 3 is 2.10 bits per heavy atom. The van der Waals surface area contributed by atoms with Crippen molar-refractivity contribution in [1.29, 1.82) is 5.26 Å². The molecule has 0 bridgehead atoms. The molecule has 1 aromatic carbocycles. The predicted molar refractivity (Wildman–Crippen MR) is 86.9 cm³/mol. The van der Waals surface area contributed by atoms with Crippen LogP contribution >= 0.6 is 0 Å². The van der Waals surface area contributed by atoms with E-state index in [2.05, 4.69) is 56.4 Å². The fourth-order valence-corrected chi connectivity index (χ4v) is 2.07. The molecular formula is C18H28N2. The van der Waals surface area contributed by atoms with Crippen molar-refractivity contribution in [2.45, 2.75) is 59.3 Å². The summed E-state index contributed by atoms with van der Waals surface area (Å²) in [5.41, 5.74) is 2.56. The van der Waals surface area contributed by atoms with Crippen LogP contribution in [0.25, 0.3) is 0 Å². The van der Waals surface area contributed by atoms with Crippen LogP contribution < -0.4 is 5.32 Å². The number of nitrogens with zero attached hydrogens (tertiary/aromatic N) is 1. The quantitative estimate of drug-likeness (QED) is 0.730. The van der Waals surface area contributed by atoms with Gasteiger partial charge in [-0.25, -0.2) is 0 Å². The Morgan fingerprint density at radius 2 is 1.60 bits per heavy atom. The van der Waals surface area contributed by atoms with E-state index in [1.807, 2.05) is 13.8 Å². The van der Waals surface area contributed by atoms with Crippen molar-refractivity contribution < 1.29 is 0 Å². The summed E-state index contributed by atoms with van der Waals surface area (Å²) >= 11 is 0. The summed E-state index contributed by atoms with van der Waals surface area (Å²) in [7, 11) is 0. The molecule has 0 radical (unpaired) electrons. The molecule has 0 aliphatic rings. The molecule has 0 heterocycles. The molecule has 0 aromatic heterocycles. The van der Waals surface area contributed by atoms with Gasteiger partial charge in [0.15, 0.2) is 0 Å². The van der Waals surface area contributed by atoms with E-state index in [9.17, 15) is 0 Å². The monoisotopic (exact) mass is 272 g/mol. The maximum atomic E-state index is 8.95. The third-order valence-corrected chi connectivity index (χ3v) is 3.61. The number of hydrogen-bond acceptors (Lipinski definition) is 2. The average molecular weight is 272 g/mol. The van der Waals surface area contributed by atoms with Gasteiger partial charge < -0.3 is 5.32 Å². The number of nitriles is 1. The normalized spacial score (nSPS) is 12.0. The van der Waals surface area contributed by atoms with E-state index in [1.54, 1.807) is 0 Å². The highest BCUT2D eigenvalue weighted by atomic mass is 14.9. The molecular weight excluding hydrogens is 244 g/mol. The van der Waals surface area contributed by atoms with Crippen molar-refractivity contribution in [2.24, 2.45) is 5.41 Å². The fraction of sp³-hybridized carbons (Fsp3) is 0.611. The summed E-state index contributed by atoms with van der Waals surface area (Å²) in [6.45, 7) is 11.7. The zero-order valence-electron chi connectivity index (χ0n) is 13.6. The van der Waals surface area contributed by atoms with E-state index in [4.69, 9.17) is 5.26 Å². The number of unbranched alkanes of at least 4 members (excludes halogenated alkanes) is 1. The Balaban J connectivity index is 2.32. The first-order valence-corrected chi connectivity index (χ1v) is 7.50. The van der Waals surface area contributed by atoms with Crippen LogP contribution in [0, 0.1) is 16.7 Å². The topological polar surface area (TPSA) is 35.8 Å². The molecule has 0 saturated carbocycles. The fourth-order valence-electron chi connectivity index (χ4n) is 2.07. The van der Waals surface area contributed by atoms with Crippen molar-refractivity contribution >= 4 is 5.69 Å². The molecule has 0 aliphatic heterocycles. The Morgan fingerprint density at radius 1 is 1.00 bits per heavy atom. The van der Waals surface area contributed by atoms with Crippen LogP contribution in [0.4, 0.5) is 5.69 Å². The molecule has 0 aliphatic carbocycles. The van der Waals surface area contributed by atoms with Crippen LogP contribution in [0.15, 0.2) is 24.3 Å². The zero-order chi connectivity index (χ0) is 15.2. The first-order valence-electron chi connectivity index (χ1n) is 7.50. The lowest BCUT2D eigenvalue weighted by Gasteiger charge is -2.19. The molecule has 0 saturated heterocycles. The van der Waals surface area contributed by atoms with Gasteiger partial charge in [0.2, 0.25) is 0 Å². The van der Waals surface area contributed by atoms with E-state index < -0.39 is 0 Å². The lowest BCUT2D eigenvalue weighted by atomic mass is 9.87. The largest absolute Gasteiger partial charge is 0.385 e. The van der Waals surface area contributed by atoms with Crippen LogP contribution in [-0.4, -0.2) is 6.54 Å². The van der Waals surface area contributed by atoms with Gasteiger partial charge in [-0.1, -0.05) is 39.3 Å². The second-order valence-corrected chi connectivity index (χ2v) is 7.21. The molecule has 0 atom stereocenters. The second kappa shape index (κ2) is 6.79. The highest BCUT2D eigenvalue weighted by Crippen LogP contribution is 2.24. The summed E-state index contributed by atoms with van der Waals surface area (Å²) in [5.74, 6) is 0. The van der Waals surface area contributed by atoms with Crippen LogP contribution in [0.5, 0.6) is 0 Å². The molecule has 0 spiro atoms. The van der Waals surface area contributed by atoms with Gasteiger partial charge in [-0.15, -0.1) is 0 Å². The summed E-state index contributed by atoms with van der Waals surface area (Å²) in [6.07, 6.45) is 3.16. The minimum absolute atomic E-state index is 0.186. The number of rotatable bonds is 6. The molecule has 1 N–H and O–H groups in total. The van der Waals surface area contributed by atoms with Crippen molar-refractivity contribution in [3.63, 3.8) is 0 Å². The number of anilines is 1. The first kappa shape index (κ1) is 16.6. The molecule has 1 aromatic rings. The minimum atomic E-state index is -0.186. The van der Waals surface area contributed by atoms with E-state index in [0.717, 1.165) is 25.8 Å². The summed E-state index contributed by atoms with van der Waals surface area (Å²) < 4.78 is 0. The Hall–Kier alpha value is -1.49. The van der Waals surface area contributed by atoms with Gasteiger partial charge in [-0.05, 0) is 49.8 Å². The van der Waals surface area contributed by atoms with Gasteiger partial charge in [-0.2, -0.15) is 5.26 Å². The van der Waals surface area contributed by atoms with Gasteiger partial charge in [0.1, 0.15) is 0 Å². The van der Waals surface area contributed by atoms with Gasteiger partial charge in [0.25, 0.3) is 0 Å². The first-order chi connectivity index (χ1) is 9.24. The lowest BCUT2D eigenvalue weighted by Crippen LogP contribution is -2.11. The number of hydrogen-bond donors (Lipinski definition) is 1. The SMILES string of the molecule is CC(C)(C#N)CCCCNc1ccc(C(C)(C)C)cc1. The van der Waals surface area contributed by atoms with Crippen molar-refractivity contribution in [3.8, 4) is 6.07 Å². The van der Waals surface area contributed by atoms with Crippen molar-refractivity contribution in [3.05, 3.63) is 29.8 Å². The summed E-state index contributed by atoms with van der Waals surface area (Å²) in [4.78, 5) is 0. The van der Waals surface area contributed by atoms with E-state index >= 15 is 0 Å². The van der Waals surface area contributed by atoms with Crippen molar-refractivity contribution in [2.75, 3.05) is 11.9 Å². The molecule has 2 nitrogen and oxygen atoms in total. The minimum Gasteiger partial charge on any atom is -0.385 e. The van der Waals surface area contributed by atoms with Gasteiger partial charge in [-0.3, -0.25) is 0 Å². The second-order valence-electron chi connectivity index (χ2n) is 7.21. The van der Waals surface area contributed by atoms with Gasteiger partial charge >= 0.3 is 0 Å². The van der Waals surface area contributed by atoms with E-state index in [0.29, 0.717) is 0 Å². The van der Waals surface area contributed by atoms with E-state index in [1.165, 1.54) is 11.3 Å². The number of nitrogens with one attached hydrogen (secondary N) is 1. The molecule has 2 heteroatoms. The zero-order valence-corrected chi connectivity index (χ0v) is 13.6. The summed E-state index contributed by atoms with van der Waals surface area (Å²) in [6, 6.07) is 11.0. The lowest BCUT2D eigenvalue weighted by molar-refractivity contribution is 0.430. The van der Waals surface area contributed by atoms with E-state index in [-0.39, 0.29) is 10.8 Å². The highest BCUT2D eigenvalue weighted by molar-refractivity contribution is 5.45. The Labute approximate surface area is 124 Å². The van der Waals surface area contributed by atoms with Crippen LogP contribution in [-0.2, 0) is 5.41 Å². The Bertz CT molecular complexity index is 444. The maximum Gasteiger partial charge on any atom is 0.0683 e. The molecule has 0 amide bonds. The maximum absolute atomic E-state index is 8.95. The molecule has 110 valence electrons. The van der Waals surface area contributed by atoms with Gasteiger partial charge in [0, 0.05) is 12.2 Å². The molecule has 20 heavy (non-hydrogen) atoms. The number of benzene rings is 1. The third kappa shape index (κ3) is 5.65. The van der Waals surface area contributed by atoms with Crippen LogP contribution in [0.1, 0.15) is 59.4 Å². The Kier molecular flexibility index (Phi) is 5.62. The average Bonchev–Trinajstić information content (AvgIpc) is 2.38. The molecule has 0 fully saturated rings. The molecule has 0 unspecified atom stereocenters. The van der Waals surface area contributed by atoms with Crippen molar-refractivity contribution in [1.82, 2.24) is 0 Å². The summed E-state index contributed by atoms with van der Waals surface area (Å²) in [5, 5.41) is 12.4. The van der Waals surface area contributed by atoms with Crippen LogP contribution in [0.3, 0.4) is 0 Å².